The van der Waals surface area contributed by atoms with Crippen LogP contribution in [0, 0.1) is 11.3 Å². The molecule has 3 saturated heterocycles. The average Bonchev–Trinajstić information content (AvgIpc) is 3.02. The van der Waals surface area contributed by atoms with E-state index in [9.17, 15) is 18.0 Å². The Morgan fingerprint density at radius 3 is 2.53 bits per heavy atom. The minimum absolute atomic E-state index is 0.0704. The third kappa shape index (κ3) is 4.60. The summed E-state index contributed by atoms with van der Waals surface area (Å²) in [6.07, 6.45) is -2.42. The maximum Gasteiger partial charge on any atom is 0.573 e. The van der Waals surface area contributed by atoms with E-state index in [1.165, 1.54) is 12.1 Å². The number of halogens is 3. The molecule has 8 heteroatoms. The molecule has 182 valence electrons. The second kappa shape index (κ2) is 8.48. The van der Waals surface area contributed by atoms with Gasteiger partial charge in [-0.1, -0.05) is 50.2 Å². The molecule has 0 radical (unpaired) electrons. The predicted octanol–water partition coefficient (Wildman–Crippen LogP) is 5.70. The number of alkyl halides is 3. The zero-order chi connectivity index (χ0) is 24.1. The lowest BCUT2D eigenvalue weighted by Crippen LogP contribution is -2.53. The minimum Gasteiger partial charge on any atom is -0.445 e. The fourth-order valence-corrected chi connectivity index (χ4v) is 5.75. The van der Waals surface area contributed by atoms with E-state index in [4.69, 9.17) is 4.74 Å². The largest absolute Gasteiger partial charge is 0.573 e. The van der Waals surface area contributed by atoms with Gasteiger partial charge in [0.15, 0.2) is 0 Å². The van der Waals surface area contributed by atoms with E-state index in [0.717, 1.165) is 43.6 Å². The molecule has 0 spiro atoms. The summed E-state index contributed by atoms with van der Waals surface area (Å²) in [5, 5.41) is 3.08. The molecule has 0 saturated carbocycles. The van der Waals surface area contributed by atoms with Crippen LogP contribution in [0.4, 0.5) is 18.0 Å². The molecule has 3 aliphatic heterocycles. The Kier molecular flexibility index (Phi) is 5.74. The van der Waals surface area contributed by atoms with Gasteiger partial charge in [-0.3, -0.25) is 4.90 Å². The Balaban J connectivity index is 1.35. The third-order valence-electron chi connectivity index (χ3n) is 7.42. The number of piperidine rings is 3. The van der Waals surface area contributed by atoms with Gasteiger partial charge in [-0.25, -0.2) is 4.79 Å². The third-order valence-corrected chi connectivity index (χ3v) is 7.42. The molecule has 0 aromatic heterocycles. The van der Waals surface area contributed by atoms with E-state index in [0.29, 0.717) is 23.5 Å². The smallest absolute Gasteiger partial charge is 0.445 e. The van der Waals surface area contributed by atoms with Crippen molar-refractivity contribution in [3.63, 3.8) is 0 Å². The molecule has 2 atom stereocenters. The number of fused-ring (bicyclic) bond motifs is 4. The molecule has 2 bridgehead atoms. The summed E-state index contributed by atoms with van der Waals surface area (Å²) in [7, 11) is 0. The van der Waals surface area contributed by atoms with Crippen LogP contribution in [-0.2, 0) is 11.2 Å². The number of hydrogen-bond donors (Lipinski definition) is 1. The first kappa shape index (κ1) is 23.0. The van der Waals surface area contributed by atoms with Crippen molar-refractivity contribution in [3.8, 4) is 16.9 Å². The predicted molar refractivity (Wildman–Crippen MR) is 121 cm³/mol. The molecule has 1 aliphatic carbocycles. The lowest BCUT2D eigenvalue weighted by atomic mass is 9.85. The standard InChI is InChI=1S/C26H29F3N2O3/c1-25(2)14-18-13-17(19-5-3-4-6-21(19)34-26(27,28)29)7-8-20(18)23(25)30-24(32)33-22-15-31-11-9-16(22)10-12-31/h3-8,13,16,22-23H,9-12,14-15H2,1-2H3,(H,30,32)/t22-,23?/m1/s1. The number of nitrogens with zero attached hydrogens (tertiary/aromatic N) is 1. The molecule has 1 amide bonds. The molecular formula is C26H29F3N2O3. The lowest BCUT2D eigenvalue weighted by Gasteiger charge is -2.44. The van der Waals surface area contributed by atoms with Crippen molar-refractivity contribution in [3.05, 3.63) is 53.6 Å². The number of hydrogen-bond acceptors (Lipinski definition) is 4. The first-order valence-corrected chi connectivity index (χ1v) is 11.8. The van der Waals surface area contributed by atoms with Crippen LogP contribution in [0.5, 0.6) is 5.75 Å². The van der Waals surface area contributed by atoms with Crippen LogP contribution < -0.4 is 10.1 Å². The lowest BCUT2D eigenvalue weighted by molar-refractivity contribution is -0.274. The highest BCUT2D eigenvalue weighted by molar-refractivity contribution is 5.73. The van der Waals surface area contributed by atoms with E-state index in [2.05, 4.69) is 28.8 Å². The highest BCUT2D eigenvalue weighted by Gasteiger charge is 2.42. The molecule has 1 N–H and O–H groups in total. The van der Waals surface area contributed by atoms with Gasteiger partial charge in [0.25, 0.3) is 0 Å². The van der Waals surface area contributed by atoms with Gasteiger partial charge in [0.2, 0.25) is 0 Å². The van der Waals surface area contributed by atoms with Crippen LogP contribution in [-0.4, -0.2) is 43.1 Å². The second-order valence-electron chi connectivity index (χ2n) is 10.3. The fourth-order valence-electron chi connectivity index (χ4n) is 5.75. The summed E-state index contributed by atoms with van der Waals surface area (Å²) in [6.45, 7) is 7.11. The van der Waals surface area contributed by atoms with Crippen LogP contribution in [0.1, 0.15) is 43.9 Å². The van der Waals surface area contributed by atoms with E-state index < -0.39 is 12.5 Å². The highest BCUT2D eigenvalue weighted by Crippen LogP contribution is 2.47. The molecular weight excluding hydrogens is 445 g/mol. The number of carbonyl (C=O) groups excluding carboxylic acids is 1. The number of nitrogens with one attached hydrogen (secondary N) is 1. The molecule has 4 aliphatic rings. The quantitative estimate of drug-likeness (QED) is 0.618. The summed E-state index contributed by atoms with van der Waals surface area (Å²) >= 11 is 0. The summed E-state index contributed by atoms with van der Waals surface area (Å²) in [4.78, 5) is 15.2. The molecule has 2 aromatic carbocycles. The number of amides is 1. The molecule has 2 aromatic rings. The first-order chi connectivity index (χ1) is 16.1. The molecule has 5 nitrogen and oxygen atoms in total. The van der Waals surface area contributed by atoms with Crippen molar-refractivity contribution in [2.24, 2.45) is 11.3 Å². The average molecular weight is 475 g/mol. The number of para-hydroxylation sites is 1. The SMILES string of the molecule is CC1(C)Cc2cc(-c3ccccc3OC(F)(F)F)ccc2C1NC(=O)O[C@@H]1CN2CCC1CC2. The van der Waals surface area contributed by atoms with Crippen molar-refractivity contribution in [2.75, 3.05) is 19.6 Å². The summed E-state index contributed by atoms with van der Waals surface area (Å²) < 4.78 is 48.7. The van der Waals surface area contributed by atoms with Crippen LogP contribution >= 0.6 is 0 Å². The van der Waals surface area contributed by atoms with Gasteiger partial charge < -0.3 is 14.8 Å². The van der Waals surface area contributed by atoms with E-state index in [1.807, 2.05) is 12.1 Å². The Morgan fingerprint density at radius 2 is 1.85 bits per heavy atom. The number of alkyl carbamates (subject to hydrolysis) is 1. The number of ether oxygens (including phenoxy) is 2. The molecule has 6 rings (SSSR count). The Morgan fingerprint density at radius 1 is 1.12 bits per heavy atom. The van der Waals surface area contributed by atoms with Crippen LogP contribution in [0.2, 0.25) is 0 Å². The topological polar surface area (TPSA) is 50.8 Å². The summed E-state index contributed by atoms with van der Waals surface area (Å²) in [5.74, 6) is 0.198. The number of rotatable bonds is 4. The monoisotopic (exact) mass is 474 g/mol. The van der Waals surface area contributed by atoms with Gasteiger partial charge in [-0.15, -0.1) is 13.2 Å². The van der Waals surface area contributed by atoms with Gasteiger partial charge in [0, 0.05) is 12.1 Å². The van der Waals surface area contributed by atoms with Crippen molar-refractivity contribution in [2.45, 2.75) is 51.6 Å². The Hall–Kier alpha value is -2.74. The molecule has 1 unspecified atom stereocenters. The van der Waals surface area contributed by atoms with Gasteiger partial charge in [-0.2, -0.15) is 0 Å². The molecule has 3 heterocycles. The molecule has 34 heavy (non-hydrogen) atoms. The van der Waals surface area contributed by atoms with Gasteiger partial charge >= 0.3 is 12.5 Å². The maximum absolute atomic E-state index is 12.9. The van der Waals surface area contributed by atoms with E-state index >= 15 is 0 Å². The maximum atomic E-state index is 12.9. The van der Waals surface area contributed by atoms with Crippen molar-refractivity contribution < 1.29 is 27.4 Å². The fraction of sp³-hybridized carbons (Fsp3) is 0.500. The highest BCUT2D eigenvalue weighted by atomic mass is 19.4. The number of benzene rings is 2. The summed E-state index contributed by atoms with van der Waals surface area (Å²) in [5.41, 5.74) is 2.71. The normalized spacial score (nSPS) is 27.2. The second-order valence-corrected chi connectivity index (χ2v) is 10.3. The van der Waals surface area contributed by atoms with Crippen LogP contribution in [0.15, 0.2) is 42.5 Å². The first-order valence-electron chi connectivity index (χ1n) is 11.8. The summed E-state index contributed by atoms with van der Waals surface area (Å²) in [6, 6.07) is 11.5. The van der Waals surface area contributed by atoms with Crippen LogP contribution in [0.3, 0.4) is 0 Å². The van der Waals surface area contributed by atoms with E-state index in [-0.39, 0.29) is 23.3 Å². The molecule has 3 fully saturated rings. The van der Waals surface area contributed by atoms with E-state index in [1.54, 1.807) is 18.2 Å². The van der Waals surface area contributed by atoms with Gasteiger partial charge in [0.05, 0.1) is 6.04 Å². The zero-order valence-electron chi connectivity index (χ0n) is 19.3. The van der Waals surface area contributed by atoms with Crippen LogP contribution in [0.25, 0.3) is 11.1 Å². The Bertz CT molecular complexity index is 1080. The Labute approximate surface area is 197 Å². The minimum atomic E-state index is -4.76. The number of carbonyl (C=O) groups is 1. The van der Waals surface area contributed by atoms with Crippen molar-refractivity contribution >= 4 is 6.09 Å². The van der Waals surface area contributed by atoms with Gasteiger partial charge in [-0.05, 0) is 66.4 Å². The zero-order valence-corrected chi connectivity index (χ0v) is 19.3. The van der Waals surface area contributed by atoms with Crippen molar-refractivity contribution in [1.29, 1.82) is 0 Å². The van der Waals surface area contributed by atoms with Gasteiger partial charge in [0.1, 0.15) is 11.9 Å². The van der Waals surface area contributed by atoms with Crippen molar-refractivity contribution in [1.82, 2.24) is 10.2 Å².